The summed E-state index contributed by atoms with van der Waals surface area (Å²) < 4.78 is 10.1. The number of hydrogen-bond acceptors (Lipinski definition) is 4. The fourth-order valence-corrected chi connectivity index (χ4v) is 2.19. The number of hydrogen-bond donors (Lipinski definition) is 0. The van der Waals surface area contributed by atoms with Gasteiger partial charge >= 0.3 is 5.97 Å². The largest absolute Gasteiger partial charge is 0.463 e. The van der Waals surface area contributed by atoms with Gasteiger partial charge in [0.15, 0.2) is 0 Å². The molecule has 0 amide bonds. The van der Waals surface area contributed by atoms with E-state index >= 15 is 0 Å². The highest BCUT2D eigenvalue weighted by Gasteiger charge is 2.09. The topological polar surface area (TPSA) is 56.5 Å². The molecule has 0 N–H and O–H groups in total. The Morgan fingerprint density at radius 1 is 1.05 bits per heavy atom. The number of furan rings is 1. The van der Waals surface area contributed by atoms with Crippen molar-refractivity contribution in [3.8, 4) is 0 Å². The fourth-order valence-electron chi connectivity index (χ4n) is 2.19. The van der Waals surface area contributed by atoms with Crippen molar-refractivity contribution < 1.29 is 18.7 Å². The lowest BCUT2D eigenvalue weighted by atomic mass is 10.1. The van der Waals surface area contributed by atoms with Gasteiger partial charge in [-0.1, -0.05) is 30.3 Å². The summed E-state index contributed by atoms with van der Waals surface area (Å²) in [5, 5.41) is 1.99. The van der Waals surface area contributed by atoms with Gasteiger partial charge in [0.2, 0.25) is 0 Å². The molecule has 0 radical (unpaired) electrons. The monoisotopic (exact) mass is 280 g/mol. The highest BCUT2D eigenvalue weighted by Crippen LogP contribution is 2.29. The molecule has 3 aromatic rings. The van der Waals surface area contributed by atoms with E-state index in [4.69, 9.17) is 4.42 Å². The highest BCUT2D eigenvalue weighted by molar-refractivity contribution is 6.39. The zero-order valence-corrected chi connectivity index (χ0v) is 11.3. The summed E-state index contributed by atoms with van der Waals surface area (Å²) in [5.41, 5.74) is 2.42. The number of ketones is 1. The van der Waals surface area contributed by atoms with E-state index < -0.39 is 11.8 Å². The van der Waals surface area contributed by atoms with Crippen LogP contribution in [-0.2, 0) is 14.3 Å². The first kappa shape index (κ1) is 13.1. The van der Waals surface area contributed by atoms with Gasteiger partial charge in [0.1, 0.15) is 11.2 Å². The molecule has 2 aromatic carbocycles. The highest BCUT2D eigenvalue weighted by atomic mass is 16.5. The van der Waals surface area contributed by atoms with Gasteiger partial charge in [-0.15, -0.1) is 0 Å². The van der Waals surface area contributed by atoms with E-state index in [-0.39, 0.29) is 0 Å². The molecule has 1 aromatic heterocycles. The first-order valence-corrected chi connectivity index (χ1v) is 6.40. The minimum absolute atomic E-state index is 0.686. The molecule has 0 aliphatic rings. The van der Waals surface area contributed by atoms with Crippen molar-refractivity contribution in [3.05, 3.63) is 54.1 Å². The lowest BCUT2D eigenvalue weighted by Gasteiger charge is -1.95. The molecule has 0 spiro atoms. The van der Waals surface area contributed by atoms with Crippen LogP contribution >= 0.6 is 0 Å². The summed E-state index contributed by atoms with van der Waals surface area (Å²) in [6.07, 6.45) is 2.79. The van der Waals surface area contributed by atoms with Crippen molar-refractivity contribution in [2.45, 2.75) is 0 Å². The van der Waals surface area contributed by atoms with Crippen molar-refractivity contribution in [2.75, 3.05) is 7.11 Å². The first-order valence-electron chi connectivity index (χ1n) is 6.40. The lowest BCUT2D eigenvalue weighted by molar-refractivity contribution is -0.149. The first-order chi connectivity index (χ1) is 10.2. The van der Waals surface area contributed by atoms with Gasteiger partial charge in [-0.25, -0.2) is 4.79 Å². The zero-order valence-electron chi connectivity index (χ0n) is 11.3. The molecule has 0 aliphatic carbocycles. The van der Waals surface area contributed by atoms with E-state index in [0.717, 1.165) is 27.5 Å². The van der Waals surface area contributed by atoms with Crippen molar-refractivity contribution in [1.82, 2.24) is 0 Å². The Labute approximate surface area is 120 Å². The average Bonchev–Trinajstić information content (AvgIpc) is 2.89. The summed E-state index contributed by atoms with van der Waals surface area (Å²) in [7, 11) is 1.18. The van der Waals surface area contributed by atoms with Crippen LogP contribution < -0.4 is 0 Å². The third kappa shape index (κ3) is 2.43. The molecule has 0 bridgehead atoms. The SMILES string of the molecule is COC(=O)C(=O)C=Cc1ccc2oc3ccccc3c2c1. The average molecular weight is 280 g/mol. The summed E-state index contributed by atoms with van der Waals surface area (Å²) in [4.78, 5) is 22.4. The van der Waals surface area contributed by atoms with Crippen LogP contribution in [0.3, 0.4) is 0 Å². The number of esters is 1. The minimum Gasteiger partial charge on any atom is -0.463 e. The predicted octanol–water partition coefficient (Wildman–Crippen LogP) is 3.34. The number of fused-ring (bicyclic) bond motifs is 3. The molecule has 0 saturated carbocycles. The Balaban J connectivity index is 2.01. The maximum absolute atomic E-state index is 11.4. The Bertz CT molecular complexity index is 871. The van der Waals surface area contributed by atoms with Crippen LogP contribution in [0.1, 0.15) is 5.56 Å². The second-order valence-electron chi connectivity index (χ2n) is 4.54. The van der Waals surface area contributed by atoms with E-state index in [1.54, 1.807) is 6.08 Å². The van der Waals surface area contributed by atoms with Gasteiger partial charge in [-0.3, -0.25) is 4.79 Å². The molecule has 3 rings (SSSR count). The Hall–Kier alpha value is -2.88. The van der Waals surface area contributed by atoms with E-state index in [2.05, 4.69) is 4.74 Å². The van der Waals surface area contributed by atoms with Crippen LogP contribution in [-0.4, -0.2) is 18.9 Å². The van der Waals surface area contributed by atoms with Crippen molar-refractivity contribution >= 4 is 39.8 Å². The second-order valence-corrected chi connectivity index (χ2v) is 4.54. The number of ether oxygens (including phenoxy) is 1. The summed E-state index contributed by atoms with van der Waals surface area (Å²) >= 11 is 0. The zero-order chi connectivity index (χ0) is 14.8. The normalized spacial score (nSPS) is 11.3. The maximum atomic E-state index is 11.4. The van der Waals surface area contributed by atoms with Gasteiger partial charge < -0.3 is 9.15 Å². The van der Waals surface area contributed by atoms with Crippen molar-refractivity contribution in [1.29, 1.82) is 0 Å². The van der Waals surface area contributed by atoms with E-state index in [1.165, 1.54) is 13.2 Å². The molecule has 104 valence electrons. The summed E-state index contributed by atoms with van der Waals surface area (Å²) in [6.45, 7) is 0. The van der Waals surface area contributed by atoms with Crippen LogP contribution in [0.4, 0.5) is 0 Å². The van der Waals surface area contributed by atoms with Gasteiger partial charge in [0, 0.05) is 10.8 Å². The molecule has 4 nitrogen and oxygen atoms in total. The van der Waals surface area contributed by atoms with Gasteiger partial charge in [-0.05, 0) is 29.8 Å². The number of carbonyl (C=O) groups excluding carboxylic acids is 2. The van der Waals surface area contributed by atoms with E-state index in [1.807, 2.05) is 42.5 Å². The van der Waals surface area contributed by atoms with Gasteiger partial charge in [0.05, 0.1) is 7.11 Å². The van der Waals surface area contributed by atoms with Gasteiger partial charge in [0.25, 0.3) is 5.78 Å². The fraction of sp³-hybridized carbons (Fsp3) is 0.0588. The molecule has 4 heteroatoms. The predicted molar refractivity (Wildman–Crippen MR) is 79.8 cm³/mol. The third-order valence-corrected chi connectivity index (χ3v) is 3.21. The van der Waals surface area contributed by atoms with Crippen LogP contribution in [0.2, 0.25) is 0 Å². The van der Waals surface area contributed by atoms with Crippen molar-refractivity contribution in [3.63, 3.8) is 0 Å². The van der Waals surface area contributed by atoms with E-state index in [0.29, 0.717) is 0 Å². The van der Waals surface area contributed by atoms with E-state index in [9.17, 15) is 9.59 Å². The molecule has 1 heterocycles. The molecule has 0 fully saturated rings. The number of benzene rings is 2. The van der Waals surface area contributed by atoms with Crippen LogP contribution in [0.5, 0.6) is 0 Å². The molecule has 0 aliphatic heterocycles. The quantitative estimate of drug-likeness (QED) is 0.419. The molecular weight excluding hydrogens is 268 g/mol. The standard InChI is InChI=1S/C17H12O4/c1-20-17(19)14(18)8-6-11-7-9-16-13(10-11)12-4-2-3-5-15(12)21-16/h2-10H,1H3. The number of carbonyl (C=O) groups is 2. The summed E-state index contributed by atoms with van der Waals surface area (Å²) in [5.74, 6) is -1.56. The van der Waals surface area contributed by atoms with Crippen LogP contribution in [0.25, 0.3) is 28.0 Å². The van der Waals surface area contributed by atoms with Crippen molar-refractivity contribution in [2.24, 2.45) is 0 Å². The van der Waals surface area contributed by atoms with Gasteiger partial charge in [-0.2, -0.15) is 0 Å². The maximum Gasteiger partial charge on any atom is 0.378 e. The third-order valence-electron chi connectivity index (χ3n) is 3.21. The minimum atomic E-state index is -0.874. The number of para-hydroxylation sites is 1. The molecular formula is C17H12O4. The number of methoxy groups -OCH3 is 1. The Morgan fingerprint density at radius 2 is 1.81 bits per heavy atom. The Morgan fingerprint density at radius 3 is 2.62 bits per heavy atom. The molecule has 21 heavy (non-hydrogen) atoms. The molecule has 0 atom stereocenters. The summed E-state index contributed by atoms with van der Waals surface area (Å²) in [6, 6.07) is 13.3. The smallest absolute Gasteiger partial charge is 0.378 e. The number of rotatable bonds is 3. The van der Waals surface area contributed by atoms with Crippen LogP contribution in [0.15, 0.2) is 53.0 Å². The molecule has 0 unspecified atom stereocenters. The molecule has 0 saturated heterocycles. The second kappa shape index (κ2) is 5.25. The van der Waals surface area contributed by atoms with Crippen LogP contribution in [0, 0.1) is 0 Å². The lowest BCUT2D eigenvalue weighted by Crippen LogP contribution is -2.11. The Kier molecular flexibility index (Phi) is 3.28.